The minimum absolute atomic E-state index is 0.0711. The molecule has 0 rings (SSSR count). The molecule has 0 saturated heterocycles. The third-order valence-electron chi connectivity index (χ3n) is 2.12. The maximum atomic E-state index is 6.17. The number of rotatable bonds is 5. The van der Waals surface area contributed by atoms with E-state index in [1.807, 2.05) is 13.8 Å². The van der Waals surface area contributed by atoms with Gasteiger partial charge >= 0.3 is 0 Å². The Morgan fingerprint density at radius 1 is 1.58 bits per heavy atom. The van der Waals surface area contributed by atoms with Crippen LogP contribution in [0.3, 0.4) is 0 Å². The maximum Gasteiger partial charge on any atom is 0.0223 e. The van der Waals surface area contributed by atoms with E-state index in [9.17, 15) is 0 Å². The van der Waals surface area contributed by atoms with Gasteiger partial charge in [-0.15, -0.1) is 6.58 Å². The molecule has 70 valence electrons. The minimum Gasteiger partial charge on any atom is -0.325 e. The molecule has 12 heavy (non-hydrogen) atoms. The minimum atomic E-state index is -0.0711. The van der Waals surface area contributed by atoms with Gasteiger partial charge in [-0.25, -0.2) is 0 Å². The summed E-state index contributed by atoms with van der Waals surface area (Å²) in [7, 11) is 0. The molecule has 0 aliphatic carbocycles. The predicted octanol–water partition coefficient (Wildman–Crippen LogP) is 3.03. The monoisotopic (exact) mass is 167 g/mol. The Kier molecular flexibility index (Phi) is 4.91. The third-order valence-corrected chi connectivity index (χ3v) is 2.12. The molecule has 0 radical (unpaired) electrons. The summed E-state index contributed by atoms with van der Waals surface area (Å²) >= 11 is 0. The van der Waals surface area contributed by atoms with Crippen LogP contribution in [0.4, 0.5) is 0 Å². The fourth-order valence-electron chi connectivity index (χ4n) is 1.30. The average Bonchev–Trinajstić information content (AvgIpc) is 2.00. The molecule has 0 aromatic rings. The molecule has 0 saturated carbocycles. The quantitative estimate of drug-likeness (QED) is 0.626. The Balaban J connectivity index is 4.13. The van der Waals surface area contributed by atoms with Crippen molar-refractivity contribution < 1.29 is 0 Å². The second-order valence-corrected chi connectivity index (χ2v) is 3.62. The zero-order valence-corrected chi connectivity index (χ0v) is 8.56. The number of hydrogen-bond acceptors (Lipinski definition) is 1. The van der Waals surface area contributed by atoms with Crippen molar-refractivity contribution in [3.05, 3.63) is 24.3 Å². The molecule has 0 aliphatic rings. The van der Waals surface area contributed by atoms with Crippen LogP contribution in [0.25, 0.3) is 0 Å². The second kappa shape index (κ2) is 5.15. The van der Waals surface area contributed by atoms with Gasteiger partial charge in [0.15, 0.2) is 0 Å². The summed E-state index contributed by atoms with van der Waals surface area (Å²) in [5.74, 6) is 0. The summed E-state index contributed by atoms with van der Waals surface area (Å²) in [6.07, 6.45) is 7.06. The normalized spacial score (nSPS) is 16.3. The lowest BCUT2D eigenvalue weighted by molar-refractivity contribution is 0.411. The van der Waals surface area contributed by atoms with Gasteiger partial charge in [0.25, 0.3) is 0 Å². The van der Waals surface area contributed by atoms with Crippen molar-refractivity contribution in [2.24, 2.45) is 5.73 Å². The summed E-state index contributed by atoms with van der Waals surface area (Å²) in [6.45, 7) is 10.1. The van der Waals surface area contributed by atoms with Crippen molar-refractivity contribution in [3.8, 4) is 0 Å². The van der Waals surface area contributed by atoms with Crippen LogP contribution < -0.4 is 5.73 Å². The molecular formula is C11H21N. The summed E-state index contributed by atoms with van der Waals surface area (Å²) < 4.78 is 0. The molecule has 0 spiro atoms. The molecule has 0 aliphatic heterocycles. The van der Waals surface area contributed by atoms with Crippen molar-refractivity contribution >= 4 is 0 Å². The lowest BCUT2D eigenvalue weighted by atomic mass is 9.87. The van der Waals surface area contributed by atoms with Crippen LogP contribution in [0.1, 0.15) is 40.0 Å². The molecule has 0 amide bonds. The van der Waals surface area contributed by atoms with Gasteiger partial charge in [-0.1, -0.05) is 24.6 Å². The van der Waals surface area contributed by atoms with Crippen molar-refractivity contribution in [3.63, 3.8) is 0 Å². The van der Waals surface area contributed by atoms with Gasteiger partial charge in [0.1, 0.15) is 0 Å². The molecule has 1 unspecified atom stereocenters. The third kappa shape index (κ3) is 4.35. The molecule has 2 N–H and O–H groups in total. The van der Waals surface area contributed by atoms with Crippen molar-refractivity contribution in [2.75, 3.05) is 0 Å². The van der Waals surface area contributed by atoms with Gasteiger partial charge in [-0.05, 0) is 33.1 Å². The highest BCUT2D eigenvalue weighted by Crippen LogP contribution is 2.20. The van der Waals surface area contributed by atoms with Gasteiger partial charge in [0.05, 0.1) is 0 Å². The molecule has 0 fully saturated rings. The summed E-state index contributed by atoms with van der Waals surface area (Å²) in [6, 6.07) is 0. The van der Waals surface area contributed by atoms with Crippen molar-refractivity contribution in [2.45, 2.75) is 45.6 Å². The Hall–Kier alpha value is -0.560. The van der Waals surface area contributed by atoms with E-state index in [4.69, 9.17) is 5.73 Å². The fraction of sp³-hybridized carbons (Fsp3) is 0.636. The van der Waals surface area contributed by atoms with E-state index in [1.165, 1.54) is 5.57 Å². The van der Waals surface area contributed by atoms with Crippen LogP contribution in [0, 0.1) is 0 Å². The first-order valence-corrected chi connectivity index (χ1v) is 4.58. The van der Waals surface area contributed by atoms with Crippen LogP contribution >= 0.6 is 0 Å². The lowest BCUT2D eigenvalue weighted by Crippen LogP contribution is -2.38. The highest BCUT2D eigenvalue weighted by atomic mass is 14.7. The van der Waals surface area contributed by atoms with Crippen molar-refractivity contribution in [1.29, 1.82) is 0 Å². The Labute approximate surface area is 76.3 Å². The van der Waals surface area contributed by atoms with Gasteiger partial charge in [-0.3, -0.25) is 0 Å². The Morgan fingerprint density at radius 3 is 2.50 bits per heavy atom. The molecule has 0 heterocycles. The van der Waals surface area contributed by atoms with Crippen LogP contribution in [0.2, 0.25) is 0 Å². The van der Waals surface area contributed by atoms with E-state index in [0.717, 1.165) is 19.3 Å². The van der Waals surface area contributed by atoms with Crippen LogP contribution in [0.5, 0.6) is 0 Å². The fourth-order valence-corrected chi connectivity index (χ4v) is 1.30. The predicted molar refractivity (Wildman–Crippen MR) is 56.1 cm³/mol. The number of nitrogens with two attached hydrogens (primary N) is 1. The van der Waals surface area contributed by atoms with E-state index < -0.39 is 0 Å². The van der Waals surface area contributed by atoms with E-state index in [-0.39, 0.29) is 5.54 Å². The van der Waals surface area contributed by atoms with E-state index in [0.29, 0.717) is 0 Å². The topological polar surface area (TPSA) is 26.0 Å². The van der Waals surface area contributed by atoms with Crippen LogP contribution in [0.15, 0.2) is 24.3 Å². The van der Waals surface area contributed by atoms with Gasteiger partial charge in [-0.2, -0.15) is 0 Å². The maximum absolute atomic E-state index is 6.17. The second-order valence-electron chi connectivity index (χ2n) is 3.62. The molecule has 0 aromatic heterocycles. The Morgan fingerprint density at radius 2 is 2.17 bits per heavy atom. The molecule has 0 bridgehead atoms. The van der Waals surface area contributed by atoms with E-state index in [2.05, 4.69) is 25.7 Å². The molecule has 1 atom stereocenters. The van der Waals surface area contributed by atoms with Crippen molar-refractivity contribution in [1.82, 2.24) is 0 Å². The first-order chi connectivity index (χ1) is 5.54. The smallest absolute Gasteiger partial charge is 0.0223 e. The van der Waals surface area contributed by atoms with Gasteiger partial charge in [0.2, 0.25) is 0 Å². The molecule has 0 aromatic carbocycles. The standard InChI is InChI=1S/C11H21N/c1-5-7-8-11(12,6-2)9-10(3)4/h5,7H,3,6,8-9,12H2,1-2,4H3/b7-5+. The Bertz CT molecular complexity index is 170. The molecule has 1 nitrogen and oxygen atoms in total. The van der Waals surface area contributed by atoms with Gasteiger partial charge < -0.3 is 5.73 Å². The number of hydrogen-bond donors (Lipinski definition) is 1. The van der Waals surface area contributed by atoms with Gasteiger partial charge in [0, 0.05) is 5.54 Å². The first-order valence-electron chi connectivity index (χ1n) is 4.58. The SMILES string of the molecule is C=C(C)CC(N)(CC)C/C=C/C. The average molecular weight is 167 g/mol. The lowest BCUT2D eigenvalue weighted by Gasteiger charge is -2.27. The molecule has 1 heteroatoms. The summed E-state index contributed by atoms with van der Waals surface area (Å²) in [5.41, 5.74) is 7.27. The zero-order chi connectivity index (χ0) is 9.61. The first kappa shape index (κ1) is 11.4. The highest BCUT2D eigenvalue weighted by molar-refractivity contribution is 5.03. The summed E-state index contributed by atoms with van der Waals surface area (Å²) in [4.78, 5) is 0. The van der Waals surface area contributed by atoms with Crippen LogP contribution in [-0.4, -0.2) is 5.54 Å². The highest BCUT2D eigenvalue weighted by Gasteiger charge is 2.20. The number of allylic oxidation sites excluding steroid dienone is 1. The van der Waals surface area contributed by atoms with Crippen LogP contribution in [-0.2, 0) is 0 Å². The van der Waals surface area contributed by atoms with E-state index in [1.54, 1.807) is 0 Å². The largest absolute Gasteiger partial charge is 0.325 e. The molecular weight excluding hydrogens is 146 g/mol. The summed E-state index contributed by atoms with van der Waals surface area (Å²) in [5, 5.41) is 0. The van der Waals surface area contributed by atoms with E-state index >= 15 is 0 Å². The zero-order valence-electron chi connectivity index (χ0n) is 8.56.